The standard InChI is InChI=1S/C20H19F3N6O3/c21-20(22,23)13-4-5-18-17(10-13)25-26-28(18)15-6-8-27(9-7-15)12-19(30)24-14-2-1-3-16(11-14)29(31)32/h1-5,10-11,15H,6-9,12H2,(H,24,30). The van der Waals surface area contributed by atoms with Crippen LogP contribution in [0.15, 0.2) is 42.5 Å². The zero-order valence-electron chi connectivity index (χ0n) is 16.7. The lowest BCUT2D eigenvalue weighted by molar-refractivity contribution is -0.384. The Kier molecular flexibility index (Phi) is 5.78. The lowest BCUT2D eigenvalue weighted by atomic mass is 10.0. The van der Waals surface area contributed by atoms with Crippen LogP contribution in [0.4, 0.5) is 24.5 Å². The molecule has 4 rings (SSSR count). The average molecular weight is 448 g/mol. The summed E-state index contributed by atoms with van der Waals surface area (Å²) >= 11 is 0. The van der Waals surface area contributed by atoms with Gasteiger partial charge in [0.15, 0.2) is 0 Å². The molecule has 0 saturated carbocycles. The molecule has 0 unspecified atom stereocenters. The number of alkyl halides is 3. The highest BCUT2D eigenvalue weighted by Crippen LogP contribution is 2.32. The molecule has 2 heterocycles. The second-order valence-corrected chi connectivity index (χ2v) is 7.60. The van der Waals surface area contributed by atoms with Gasteiger partial charge < -0.3 is 5.32 Å². The number of fused-ring (bicyclic) bond motifs is 1. The van der Waals surface area contributed by atoms with Gasteiger partial charge in [0.05, 0.1) is 28.6 Å². The topological polar surface area (TPSA) is 106 Å². The minimum absolute atomic E-state index is 0.0344. The summed E-state index contributed by atoms with van der Waals surface area (Å²) in [5.41, 5.74) is 0.220. The maximum atomic E-state index is 12.9. The third kappa shape index (κ3) is 4.69. The number of piperidine rings is 1. The van der Waals surface area contributed by atoms with Crippen molar-refractivity contribution in [1.29, 1.82) is 0 Å². The highest BCUT2D eigenvalue weighted by Gasteiger charge is 2.31. The molecule has 0 aliphatic carbocycles. The van der Waals surface area contributed by atoms with Crippen LogP contribution in [0.1, 0.15) is 24.4 Å². The first kappa shape index (κ1) is 21.7. The van der Waals surface area contributed by atoms with Crippen molar-refractivity contribution < 1.29 is 22.9 Å². The quantitative estimate of drug-likeness (QED) is 0.472. The fourth-order valence-electron chi connectivity index (χ4n) is 3.81. The predicted molar refractivity (Wildman–Crippen MR) is 109 cm³/mol. The first-order valence-corrected chi connectivity index (χ1v) is 9.89. The lowest BCUT2D eigenvalue weighted by Crippen LogP contribution is -2.39. The van der Waals surface area contributed by atoms with E-state index >= 15 is 0 Å². The maximum Gasteiger partial charge on any atom is 0.416 e. The summed E-state index contributed by atoms with van der Waals surface area (Å²) in [4.78, 5) is 24.6. The van der Waals surface area contributed by atoms with Gasteiger partial charge in [0.2, 0.25) is 5.91 Å². The van der Waals surface area contributed by atoms with Crippen LogP contribution in [0.25, 0.3) is 11.0 Å². The second kappa shape index (κ2) is 8.54. The number of hydrogen-bond acceptors (Lipinski definition) is 6. The van der Waals surface area contributed by atoms with Crippen molar-refractivity contribution in [1.82, 2.24) is 19.9 Å². The summed E-state index contributed by atoms with van der Waals surface area (Å²) in [5, 5.41) is 21.5. The van der Waals surface area contributed by atoms with Gasteiger partial charge in [0, 0.05) is 30.9 Å². The number of carbonyl (C=O) groups excluding carboxylic acids is 1. The van der Waals surface area contributed by atoms with Crippen molar-refractivity contribution in [2.24, 2.45) is 0 Å². The zero-order valence-corrected chi connectivity index (χ0v) is 16.7. The highest BCUT2D eigenvalue weighted by molar-refractivity contribution is 5.92. The van der Waals surface area contributed by atoms with E-state index in [1.165, 1.54) is 24.3 Å². The fourth-order valence-corrected chi connectivity index (χ4v) is 3.81. The van der Waals surface area contributed by atoms with Crippen LogP contribution in [-0.4, -0.2) is 50.4 Å². The molecule has 1 saturated heterocycles. The number of benzene rings is 2. The molecule has 9 nitrogen and oxygen atoms in total. The van der Waals surface area contributed by atoms with Crippen molar-refractivity contribution in [3.05, 3.63) is 58.1 Å². The van der Waals surface area contributed by atoms with Crippen LogP contribution in [0, 0.1) is 10.1 Å². The van der Waals surface area contributed by atoms with Crippen LogP contribution < -0.4 is 5.32 Å². The molecule has 1 N–H and O–H groups in total. The van der Waals surface area contributed by atoms with E-state index in [4.69, 9.17) is 0 Å². The van der Waals surface area contributed by atoms with Crippen molar-refractivity contribution in [2.45, 2.75) is 25.1 Å². The van der Waals surface area contributed by atoms with E-state index in [0.717, 1.165) is 12.1 Å². The van der Waals surface area contributed by atoms with Gasteiger partial charge in [0.1, 0.15) is 5.52 Å². The molecular formula is C20H19F3N6O3. The van der Waals surface area contributed by atoms with Gasteiger partial charge in [-0.1, -0.05) is 11.3 Å². The summed E-state index contributed by atoms with van der Waals surface area (Å²) < 4.78 is 40.3. The Morgan fingerprint density at radius 1 is 1.19 bits per heavy atom. The number of nitrogens with zero attached hydrogens (tertiary/aromatic N) is 5. The number of aromatic nitrogens is 3. The maximum absolute atomic E-state index is 12.9. The van der Waals surface area contributed by atoms with E-state index in [0.29, 0.717) is 37.1 Å². The number of hydrogen-bond donors (Lipinski definition) is 1. The molecule has 3 aromatic rings. The van der Waals surface area contributed by atoms with E-state index in [9.17, 15) is 28.1 Å². The number of carbonyl (C=O) groups is 1. The number of nitro groups is 1. The van der Waals surface area contributed by atoms with Crippen LogP contribution in [0.2, 0.25) is 0 Å². The minimum Gasteiger partial charge on any atom is -0.325 e. The Labute approximate surface area is 180 Å². The molecule has 1 aromatic heterocycles. The molecule has 0 spiro atoms. The Hall–Kier alpha value is -3.54. The molecule has 1 aliphatic heterocycles. The average Bonchev–Trinajstić information content (AvgIpc) is 3.17. The van der Waals surface area contributed by atoms with E-state index < -0.39 is 16.7 Å². The molecule has 2 aromatic carbocycles. The lowest BCUT2D eigenvalue weighted by Gasteiger charge is -2.31. The fraction of sp³-hybridized carbons (Fsp3) is 0.350. The Morgan fingerprint density at radius 3 is 2.62 bits per heavy atom. The number of anilines is 1. The summed E-state index contributed by atoms with van der Waals surface area (Å²) in [6.07, 6.45) is -3.12. The van der Waals surface area contributed by atoms with Gasteiger partial charge in [-0.05, 0) is 37.1 Å². The summed E-state index contributed by atoms with van der Waals surface area (Å²) in [6.45, 7) is 1.31. The molecule has 0 radical (unpaired) electrons. The third-order valence-electron chi connectivity index (χ3n) is 5.41. The van der Waals surface area contributed by atoms with Crippen LogP contribution in [-0.2, 0) is 11.0 Å². The number of halogens is 3. The Bertz CT molecular complexity index is 1150. The van der Waals surface area contributed by atoms with Gasteiger partial charge in [-0.15, -0.1) is 5.10 Å². The normalized spacial score (nSPS) is 15.7. The van der Waals surface area contributed by atoms with Gasteiger partial charge >= 0.3 is 6.18 Å². The van der Waals surface area contributed by atoms with Gasteiger partial charge in [0.25, 0.3) is 5.69 Å². The summed E-state index contributed by atoms with van der Waals surface area (Å²) in [5.74, 6) is -0.283. The second-order valence-electron chi connectivity index (χ2n) is 7.60. The smallest absolute Gasteiger partial charge is 0.325 e. The van der Waals surface area contributed by atoms with Crippen molar-refractivity contribution in [2.75, 3.05) is 25.0 Å². The molecule has 12 heteroatoms. The van der Waals surface area contributed by atoms with Gasteiger partial charge in [-0.25, -0.2) is 4.68 Å². The van der Waals surface area contributed by atoms with Crippen LogP contribution in [0.5, 0.6) is 0 Å². The van der Waals surface area contributed by atoms with Crippen molar-refractivity contribution >= 4 is 28.3 Å². The third-order valence-corrected chi connectivity index (χ3v) is 5.41. The predicted octanol–water partition coefficient (Wildman–Crippen LogP) is 3.63. The van der Waals surface area contributed by atoms with Crippen molar-refractivity contribution in [3.8, 4) is 0 Å². The number of rotatable bonds is 5. The molecule has 168 valence electrons. The monoisotopic (exact) mass is 448 g/mol. The molecule has 32 heavy (non-hydrogen) atoms. The van der Waals surface area contributed by atoms with Crippen molar-refractivity contribution in [3.63, 3.8) is 0 Å². The summed E-state index contributed by atoms with van der Waals surface area (Å²) in [6, 6.07) is 9.09. The number of nitrogens with one attached hydrogen (secondary N) is 1. The number of non-ortho nitro benzene ring substituents is 1. The molecule has 1 amide bonds. The van der Waals surface area contributed by atoms with E-state index in [1.54, 1.807) is 10.7 Å². The molecule has 1 aliphatic rings. The Balaban J connectivity index is 1.35. The SMILES string of the molecule is O=C(CN1CCC(n2nnc3cc(C(F)(F)F)ccc32)CC1)Nc1cccc([N+](=O)[O-])c1. The van der Waals surface area contributed by atoms with E-state index in [1.807, 2.05) is 4.90 Å². The number of likely N-dealkylation sites (tertiary alicyclic amines) is 1. The van der Waals surface area contributed by atoms with Crippen LogP contribution in [0.3, 0.4) is 0 Å². The summed E-state index contributed by atoms with van der Waals surface area (Å²) in [7, 11) is 0. The number of nitro benzene ring substituents is 1. The largest absolute Gasteiger partial charge is 0.416 e. The minimum atomic E-state index is -4.44. The molecule has 1 fully saturated rings. The molecule has 0 atom stereocenters. The van der Waals surface area contributed by atoms with E-state index in [2.05, 4.69) is 15.6 Å². The Morgan fingerprint density at radius 2 is 1.94 bits per heavy atom. The molecule has 0 bridgehead atoms. The molecular weight excluding hydrogens is 429 g/mol. The van der Waals surface area contributed by atoms with Gasteiger partial charge in [-0.2, -0.15) is 13.2 Å². The van der Waals surface area contributed by atoms with E-state index in [-0.39, 0.29) is 29.7 Å². The van der Waals surface area contributed by atoms with Crippen LogP contribution >= 0.6 is 0 Å². The van der Waals surface area contributed by atoms with Gasteiger partial charge in [-0.3, -0.25) is 19.8 Å². The zero-order chi connectivity index (χ0) is 22.9. The number of amides is 1. The highest BCUT2D eigenvalue weighted by atomic mass is 19.4. The first-order chi connectivity index (χ1) is 15.2. The first-order valence-electron chi connectivity index (χ1n) is 9.89.